The van der Waals surface area contributed by atoms with Crippen LogP contribution in [0.5, 0.6) is 0 Å². The normalized spacial score (nSPS) is 18.0. The Hall–Kier alpha value is 0.622. The van der Waals surface area contributed by atoms with Gasteiger partial charge in [0.15, 0.2) is 0 Å². The second-order valence-electron chi connectivity index (χ2n) is 0.500. The van der Waals surface area contributed by atoms with Crippen LogP contribution in [-0.4, -0.2) is 6.61 Å². The summed E-state index contributed by atoms with van der Waals surface area (Å²) in [4.78, 5) is 0. The largest absolute Gasteiger partial charge is 0.574 e. The van der Waals surface area contributed by atoms with Crippen molar-refractivity contribution < 1.29 is 25.2 Å². The van der Waals surface area contributed by atoms with Crippen LogP contribution in [0.15, 0.2) is 0 Å². The molecule has 0 N–H and O–H groups in total. The second kappa shape index (κ2) is 1.90. The first-order chi connectivity index (χ1) is 1.50. The molecule has 1 nitrogen and oxygen atoms in total. The van der Waals surface area contributed by atoms with Crippen LogP contribution in [-0.2, 0) is 25.2 Å². The van der Waals surface area contributed by atoms with Gasteiger partial charge >= 0.3 is 0 Å². The Morgan fingerprint density at radius 3 is 2.00 bits per heavy atom. The standard InChI is InChI=1S/C2H3O.Re/c1-2-3-1;/h1H,2H2;/q-1;. The molecule has 0 saturated carbocycles. The van der Waals surface area contributed by atoms with E-state index in [0.717, 1.165) is 6.61 Å². The summed E-state index contributed by atoms with van der Waals surface area (Å²) >= 11 is 0. The molecule has 0 aromatic rings. The molecular formula is C2H3ORe-. The third-order valence-electron chi connectivity index (χ3n) is 0.167. The van der Waals surface area contributed by atoms with Gasteiger partial charge < -0.3 is 4.74 Å². The smallest absolute Gasteiger partial charge is 0 e. The van der Waals surface area contributed by atoms with E-state index in [-0.39, 0.29) is 20.4 Å². The molecule has 2 heteroatoms. The van der Waals surface area contributed by atoms with E-state index < -0.39 is 0 Å². The first-order valence-corrected chi connectivity index (χ1v) is 0.933. The van der Waals surface area contributed by atoms with Gasteiger partial charge in [-0.3, -0.25) is 0 Å². The molecule has 0 spiro atoms. The van der Waals surface area contributed by atoms with Crippen molar-refractivity contribution in [1.29, 1.82) is 0 Å². The van der Waals surface area contributed by atoms with E-state index in [0.29, 0.717) is 0 Å². The number of epoxide rings is 1. The summed E-state index contributed by atoms with van der Waals surface area (Å²) < 4.78 is 4.38. The molecule has 0 atom stereocenters. The molecule has 1 heterocycles. The van der Waals surface area contributed by atoms with E-state index in [9.17, 15) is 0 Å². The summed E-state index contributed by atoms with van der Waals surface area (Å²) in [5.41, 5.74) is 0. The Balaban J connectivity index is 0.0000000900. The quantitative estimate of drug-likeness (QED) is 0.426. The summed E-state index contributed by atoms with van der Waals surface area (Å²) in [6.07, 6.45) is 0. The van der Waals surface area contributed by atoms with E-state index in [4.69, 9.17) is 0 Å². The van der Waals surface area contributed by atoms with Crippen molar-refractivity contribution in [2.24, 2.45) is 0 Å². The van der Waals surface area contributed by atoms with Crippen LogP contribution < -0.4 is 0 Å². The van der Waals surface area contributed by atoms with Gasteiger partial charge in [-0.05, 0) is 0 Å². The van der Waals surface area contributed by atoms with Crippen LogP contribution in [0.1, 0.15) is 0 Å². The summed E-state index contributed by atoms with van der Waals surface area (Å²) in [6, 6.07) is 0. The predicted molar refractivity (Wildman–Crippen MR) is 10.3 cm³/mol. The first kappa shape index (κ1) is 4.62. The third-order valence-corrected chi connectivity index (χ3v) is 0.167. The molecule has 0 unspecified atom stereocenters. The van der Waals surface area contributed by atoms with Crippen molar-refractivity contribution in [3.63, 3.8) is 0 Å². The SMILES string of the molecule is [CH-]1CO1.[Re]. The van der Waals surface area contributed by atoms with Crippen LogP contribution in [0.25, 0.3) is 0 Å². The zero-order valence-corrected chi connectivity index (χ0v) is 4.79. The maximum Gasteiger partial charge on any atom is 0 e. The van der Waals surface area contributed by atoms with Crippen molar-refractivity contribution >= 4 is 0 Å². The zero-order chi connectivity index (χ0) is 2.12. The average Bonchev–Trinajstić information content (AvgIpc) is 1.46. The molecule has 1 fully saturated rings. The van der Waals surface area contributed by atoms with Gasteiger partial charge in [-0.2, -0.15) is 6.61 Å². The van der Waals surface area contributed by atoms with E-state index in [1.807, 2.05) is 0 Å². The minimum atomic E-state index is 0. The monoisotopic (exact) mass is 230 g/mol. The Bertz CT molecular complexity index is 10.8. The van der Waals surface area contributed by atoms with E-state index >= 15 is 0 Å². The maximum absolute atomic E-state index is 4.38. The number of hydrogen-bond donors (Lipinski definition) is 0. The zero-order valence-electron chi connectivity index (χ0n) is 2.07. The topological polar surface area (TPSA) is 12.5 Å². The Morgan fingerprint density at radius 1 is 1.75 bits per heavy atom. The van der Waals surface area contributed by atoms with Gasteiger partial charge in [-0.25, -0.2) is 0 Å². The summed E-state index contributed by atoms with van der Waals surface area (Å²) in [5, 5.41) is 0. The van der Waals surface area contributed by atoms with Gasteiger partial charge in [0.05, 0.1) is 0 Å². The first-order valence-electron chi connectivity index (χ1n) is 0.933. The fourth-order valence-electron chi connectivity index (χ4n) is 0. The van der Waals surface area contributed by atoms with Gasteiger partial charge in [0.1, 0.15) is 0 Å². The molecule has 1 saturated heterocycles. The molecule has 1 rings (SSSR count). The molecule has 0 aromatic carbocycles. The molecule has 1 aliphatic heterocycles. The van der Waals surface area contributed by atoms with Gasteiger partial charge in [0, 0.05) is 20.4 Å². The molecule has 25 valence electrons. The van der Waals surface area contributed by atoms with Gasteiger partial charge in [0.25, 0.3) is 0 Å². The van der Waals surface area contributed by atoms with Crippen molar-refractivity contribution in [2.75, 3.05) is 6.61 Å². The minimum Gasteiger partial charge on any atom is -0.574 e. The molecular weight excluding hydrogens is 226 g/mol. The van der Waals surface area contributed by atoms with E-state index in [1.54, 1.807) is 6.61 Å². The Kier molecular flexibility index (Phi) is 2.19. The average molecular weight is 229 g/mol. The van der Waals surface area contributed by atoms with Gasteiger partial charge in [-0.15, -0.1) is 0 Å². The molecule has 1 aliphatic rings. The van der Waals surface area contributed by atoms with Gasteiger partial charge in [-0.1, -0.05) is 6.61 Å². The Morgan fingerprint density at radius 2 is 2.00 bits per heavy atom. The number of rotatable bonds is 0. The summed E-state index contributed by atoms with van der Waals surface area (Å²) in [6.45, 7) is 2.62. The van der Waals surface area contributed by atoms with Crippen LogP contribution in [0.4, 0.5) is 0 Å². The molecule has 1 radical (unpaired) electrons. The van der Waals surface area contributed by atoms with Crippen molar-refractivity contribution in [1.82, 2.24) is 0 Å². The van der Waals surface area contributed by atoms with Crippen LogP contribution >= 0.6 is 0 Å². The molecule has 0 aromatic heterocycles. The van der Waals surface area contributed by atoms with Crippen molar-refractivity contribution in [3.05, 3.63) is 6.61 Å². The van der Waals surface area contributed by atoms with Crippen LogP contribution in [0.2, 0.25) is 0 Å². The van der Waals surface area contributed by atoms with E-state index in [2.05, 4.69) is 4.74 Å². The fraction of sp³-hybridized carbons (Fsp3) is 0.500. The molecule has 4 heavy (non-hydrogen) atoms. The predicted octanol–water partition coefficient (Wildman–Crippen LogP) is 0.176. The third kappa shape index (κ3) is 2.62. The van der Waals surface area contributed by atoms with Gasteiger partial charge in [0.2, 0.25) is 0 Å². The molecule has 0 amide bonds. The summed E-state index contributed by atoms with van der Waals surface area (Å²) in [5.74, 6) is 0. The van der Waals surface area contributed by atoms with E-state index in [1.165, 1.54) is 0 Å². The molecule has 0 aliphatic carbocycles. The van der Waals surface area contributed by atoms with Crippen LogP contribution in [0.3, 0.4) is 0 Å². The fourth-order valence-corrected chi connectivity index (χ4v) is 0. The second-order valence-corrected chi connectivity index (χ2v) is 0.500. The number of hydrogen-bond acceptors (Lipinski definition) is 1. The summed E-state index contributed by atoms with van der Waals surface area (Å²) in [7, 11) is 0. The van der Waals surface area contributed by atoms with Crippen molar-refractivity contribution in [2.45, 2.75) is 0 Å². The van der Waals surface area contributed by atoms with Crippen LogP contribution in [0, 0.1) is 6.61 Å². The Labute approximate surface area is 39.0 Å². The number of ether oxygens (including phenoxy) is 1. The minimum absolute atomic E-state index is 0. The van der Waals surface area contributed by atoms with Crippen molar-refractivity contribution in [3.8, 4) is 0 Å². The maximum atomic E-state index is 4.38. The molecule has 0 bridgehead atoms.